The fourth-order valence-corrected chi connectivity index (χ4v) is 1.08. The van der Waals surface area contributed by atoms with Gasteiger partial charge in [0.05, 0.1) is 18.1 Å². The highest BCUT2D eigenvalue weighted by Gasteiger charge is 2.13. The minimum absolute atomic E-state index is 0.0891. The maximum Gasteiger partial charge on any atom is 0.273 e. The SMILES string of the molecule is COc1cc([N+](=O)[O-])ccc1OC(C)C#N. The molecule has 0 fully saturated rings. The Bertz CT molecular complexity index is 439. The fraction of sp³-hybridized carbons (Fsp3) is 0.300. The van der Waals surface area contributed by atoms with Gasteiger partial charge < -0.3 is 9.47 Å². The smallest absolute Gasteiger partial charge is 0.273 e. The molecule has 0 amide bonds. The Labute approximate surface area is 92.2 Å². The van der Waals surface area contributed by atoms with E-state index in [4.69, 9.17) is 14.7 Å². The summed E-state index contributed by atoms with van der Waals surface area (Å²) in [6.07, 6.45) is -0.643. The van der Waals surface area contributed by atoms with E-state index in [1.54, 1.807) is 6.92 Å². The highest BCUT2D eigenvalue weighted by atomic mass is 16.6. The summed E-state index contributed by atoms with van der Waals surface area (Å²) in [7, 11) is 1.38. The van der Waals surface area contributed by atoms with Gasteiger partial charge in [0.1, 0.15) is 6.07 Å². The third kappa shape index (κ3) is 2.60. The number of nitrogens with zero attached hydrogens (tertiary/aromatic N) is 2. The number of nitro groups is 1. The molecule has 0 N–H and O–H groups in total. The van der Waals surface area contributed by atoms with Crippen molar-refractivity contribution in [3.63, 3.8) is 0 Å². The molecule has 0 radical (unpaired) electrons. The number of methoxy groups -OCH3 is 1. The largest absolute Gasteiger partial charge is 0.493 e. The Hall–Kier alpha value is -2.29. The van der Waals surface area contributed by atoms with E-state index in [1.165, 1.54) is 25.3 Å². The van der Waals surface area contributed by atoms with Crippen LogP contribution in [0.3, 0.4) is 0 Å². The highest BCUT2D eigenvalue weighted by molar-refractivity contribution is 5.48. The Morgan fingerprint density at radius 3 is 2.69 bits per heavy atom. The molecule has 0 aliphatic heterocycles. The van der Waals surface area contributed by atoms with Gasteiger partial charge in [0, 0.05) is 6.07 Å². The first kappa shape index (κ1) is 11.8. The van der Waals surface area contributed by atoms with E-state index in [0.29, 0.717) is 5.75 Å². The van der Waals surface area contributed by atoms with Crippen molar-refractivity contribution in [2.75, 3.05) is 7.11 Å². The maximum absolute atomic E-state index is 10.5. The van der Waals surface area contributed by atoms with E-state index in [1.807, 2.05) is 6.07 Å². The van der Waals surface area contributed by atoms with E-state index < -0.39 is 11.0 Å². The van der Waals surface area contributed by atoms with Crippen LogP contribution in [0.2, 0.25) is 0 Å². The lowest BCUT2D eigenvalue weighted by molar-refractivity contribution is -0.385. The molecule has 84 valence electrons. The fourth-order valence-electron chi connectivity index (χ4n) is 1.08. The molecule has 0 aliphatic rings. The predicted molar refractivity (Wildman–Crippen MR) is 55.4 cm³/mol. The van der Waals surface area contributed by atoms with Crippen LogP contribution in [0.5, 0.6) is 11.5 Å². The molecule has 1 aromatic carbocycles. The van der Waals surface area contributed by atoms with Crippen LogP contribution in [-0.2, 0) is 0 Å². The van der Waals surface area contributed by atoms with E-state index >= 15 is 0 Å². The normalized spacial score (nSPS) is 11.3. The molecule has 1 rings (SSSR count). The molecule has 1 unspecified atom stereocenters. The zero-order valence-electron chi connectivity index (χ0n) is 8.84. The van der Waals surface area contributed by atoms with Crippen LogP contribution in [0.15, 0.2) is 18.2 Å². The minimum Gasteiger partial charge on any atom is -0.493 e. The van der Waals surface area contributed by atoms with Gasteiger partial charge in [-0.2, -0.15) is 5.26 Å². The number of hydrogen-bond acceptors (Lipinski definition) is 5. The Morgan fingerprint density at radius 1 is 1.50 bits per heavy atom. The van der Waals surface area contributed by atoms with E-state index in [-0.39, 0.29) is 11.4 Å². The monoisotopic (exact) mass is 222 g/mol. The van der Waals surface area contributed by atoms with Crippen LogP contribution >= 0.6 is 0 Å². The Morgan fingerprint density at radius 2 is 2.19 bits per heavy atom. The lowest BCUT2D eigenvalue weighted by atomic mass is 10.3. The Balaban J connectivity index is 3.03. The number of rotatable bonds is 4. The summed E-state index contributed by atoms with van der Waals surface area (Å²) in [5, 5.41) is 19.1. The summed E-state index contributed by atoms with van der Waals surface area (Å²) in [5.41, 5.74) is -0.0891. The number of benzene rings is 1. The number of non-ortho nitro benzene ring substituents is 1. The molecule has 0 aliphatic carbocycles. The zero-order chi connectivity index (χ0) is 12.1. The van der Waals surface area contributed by atoms with Crippen LogP contribution in [0.25, 0.3) is 0 Å². The van der Waals surface area contributed by atoms with Gasteiger partial charge in [0.15, 0.2) is 17.6 Å². The molecular formula is C10H10N2O4. The van der Waals surface area contributed by atoms with Gasteiger partial charge >= 0.3 is 0 Å². The van der Waals surface area contributed by atoms with Crippen molar-refractivity contribution in [2.45, 2.75) is 13.0 Å². The molecule has 0 bridgehead atoms. The van der Waals surface area contributed by atoms with E-state index in [9.17, 15) is 10.1 Å². The summed E-state index contributed by atoms with van der Waals surface area (Å²) in [5.74, 6) is 0.540. The van der Waals surface area contributed by atoms with Gasteiger partial charge in [-0.3, -0.25) is 10.1 Å². The van der Waals surface area contributed by atoms with Crippen molar-refractivity contribution in [1.82, 2.24) is 0 Å². The topological polar surface area (TPSA) is 85.4 Å². The molecule has 16 heavy (non-hydrogen) atoms. The first-order chi connectivity index (χ1) is 7.58. The summed E-state index contributed by atoms with van der Waals surface area (Å²) in [6, 6.07) is 5.84. The summed E-state index contributed by atoms with van der Waals surface area (Å²) in [4.78, 5) is 9.99. The molecule has 0 aromatic heterocycles. The van der Waals surface area contributed by atoms with Crippen molar-refractivity contribution < 1.29 is 14.4 Å². The highest BCUT2D eigenvalue weighted by Crippen LogP contribution is 2.31. The zero-order valence-corrected chi connectivity index (χ0v) is 8.84. The molecule has 6 heteroatoms. The van der Waals surface area contributed by atoms with Crippen molar-refractivity contribution >= 4 is 5.69 Å². The molecule has 1 atom stereocenters. The second kappa shape index (κ2) is 4.98. The molecule has 0 saturated carbocycles. The van der Waals surface area contributed by atoms with E-state index in [0.717, 1.165) is 0 Å². The lowest BCUT2D eigenvalue weighted by Crippen LogP contribution is -2.09. The van der Waals surface area contributed by atoms with Crippen molar-refractivity contribution in [2.24, 2.45) is 0 Å². The van der Waals surface area contributed by atoms with Crippen LogP contribution in [0.4, 0.5) is 5.69 Å². The van der Waals surface area contributed by atoms with Gasteiger partial charge in [0.25, 0.3) is 5.69 Å². The molecular weight excluding hydrogens is 212 g/mol. The van der Waals surface area contributed by atoms with Crippen molar-refractivity contribution in [1.29, 1.82) is 5.26 Å². The quantitative estimate of drug-likeness (QED) is 0.573. The Kier molecular flexibility index (Phi) is 3.67. The number of nitro benzene ring substituents is 1. The van der Waals surface area contributed by atoms with Gasteiger partial charge in [-0.05, 0) is 13.0 Å². The predicted octanol–water partition coefficient (Wildman–Crippen LogP) is 1.89. The third-order valence-corrected chi connectivity index (χ3v) is 1.84. The van der Waals surface area contributed by atoms with Crippen LogP contribution < -0.4 is 9.47 Å². The number of nitriles is 1. The standard InChI is InChI=1S/C10H10N2O4/c1-7(6-11)16-9-4-3-8(12(13)14)5-10(9)15-2/h3-5,7H,1-2H3. The lowest BCUT2D eigenvalue weighted by Gasteiger charge is -2.11. The molecule has 0 saturated heterocycles. The van der Waals surface area contributed by atoms with E-state index in [2.05, 4.69) is 0 Å². The number of ether oxygens (including phenoxy) is 2. The van der Waals surface area contributed by atoms with Crippen molar-refractivity contribution in [3.8, 4) is 17.6 Å². The van der Waals surface area contributed by atoms with Crippen LogP contribution in [-0.4, -0.2) is 18.1 Å². The van der Waals surface area contributed by atoms with Gasteiger partial charge in [-0.15, -0.1) is 0 Å². The van der Waals surface area contributed by atoms with Crippen LogP contribution in [0.1, 0.15) is 6.92 Å². The molecule has 6 nitrogen and oxygen atoms in total. The first-order valence-electron chi connectivity index (χ1n) is 4.47. The summed E-state index contributed by atoms with van der Waals surface area (Å²) < 4.78 is 10.2. The van der Waals surface area contributed by atoms with Gasteiger partial charge in [-0.25, -0.2) is 0 Å². The summed E-state index contributed by atoms with van der Waals surface area (Å²) >= 11 is 0. The molecule has 0 spiro atoms. The summed E-state index contributed by atoms with van der Waals surface area (Å²) in [6.45, 7) is 1.57. The van der Waals surface area contributed by atoms with Crippen molar-refractivity contribution in [3.05, 3.63) is 28.3 Å². The second-order valence-corrected chi connectivity index (χ2v) is 2.98. The minimum atomic E-state index is -0.643. The van der Waals surface area contributed by atoms with Gasteiger partial charge in [0.2, 0.25) is 0 Å². The maximum atomic E-state index is 10.5. The van der Waals surface area contributed by atoms with Crippen LogP contribution in [0, 0.1) is 21.4 Å². The average Bonchev–Trinajstić information content (AvgIpc) is 2.29. The number of hydrogen-bond donors (Lipinski definition) is 0. The molecule has 1 aromatic rings. The van der Waals surface area contributed by atoms with Gasteiger partial charge in [-0.1, -0.05) is 0 Å². The first-order valence-corrected chi connectivity index (χ1v) is 4.47. The second-order valence-electron chi connectivity index (χ2n) is 2.98. The average molecular weight is 222 g/mol. The molecule has 0 heterocycles. The third-order valence-electron chi connectivity index (χ3n) is 1.84.